The molecule has 2 heterocycles. The van der Waals surface area contributed by atoms with Gasteiger partial charge in [-0.2, -0.15) is 0 Å². The standard InChI is InChI=1S/C16H14BrFN4/c17-11-5-4-10(8-12(11)18)13-14-15(19)20-6-7-22(14)16(21-13)9-2-1-3-9/h4-9H,1-3H2,(H2,19,20). The van der Waals surface area contributed by atoms with Crippen LogP contribution in [0.5, 0.6) is 0 Å². The minimum atomic E-state index is -0.314. The van der Waals surface area contributed by atoms with Crippen LogP contribution in [0, 0.1) is 5.82 Å². The second-order valence-corrected chi connectivity index (χ2v) is 6.46. The van der Waals surface area contributed by atoms with Crippen LogP contribution in [0.3, 0.4) is 0 Å². The van der Waals surface area contributed by atoms with Crippen LogP contribution in [0.4, 0.5) is 10.2 Å². The van der Waals surface area contributed by atoms with Crippen molar-refractivity contribution in [1.82, 2.24) is 14.4 Å². The number of nitrogen functional groups attached to an aromatic ring is 1. The SMILES string of the molecule is Nc1nccn2c(C3CCC3)nc(-c3ccc(Br)c(F)c3)c12. The highest BCUT2D eigenvalue weighted by Crippen LogP contribution is 2.39. The first-order valence-corrected chi connectivity index (χ1v) is 8.02. The van der Waals surface area contributed by atoms with E-state index in [-0.39, 0.29) is 5.82 Å². The number of fused-ring (bicyclic) bond motifs is 1. The molecule has 3 aromatic rings. The minimum absolute atomic E-state index is 0.314. The van der Waals surface area contributed by atoms with Gasteiger partial charge >= 0.3 is 0 Å². The van der Waals surface area contributed by atoms with Gasteiger partial charge < -0.3 is 5.73 Å². The van der Waals surface area contributed by atoms with Crippen molar-refractivity contribution in [3.63, 3.8) is 0 Å². The van der Waals surface area contributed by atoms with Gasteiger partial charge in [0.2, 0.25) is 0 Å². The third-order valence-corrected chi connectivity index (χ3v) is 4.92. The van der Waals surface area contributed by atoms with Crippen molar-refractivity contribution in [3.8, 4) is 11.3 Å². The quantitative estimate of drug-likeness (QED) is 0.746. The Hall–Kier alpha value is -1.95. The van der Waals surface area contributed by atoms with E-state index in [0.29, 0.717) is 27.5 Å². The van der Waals surface area contributed by atoms with Crippen molar-refractivity contribution >= 4 is 27.3 Å². The number of anilines is 1. The first-order chi connectivity index (χ1) is 10.6. The van der Waals surface area contributed by atoms with Crippen molar-refractivity contribution in [2.24, 2.45) is 0 Å². The first-order valence-electron chi connectivity index (χ1n) is 7.23. The Balaban J connectivity index is 1.98. The Morgan fingerprint density at radius 2 is 2.14 bits per heavy atom. The molecule has 4 rings (SSSR count). The molecule has 0 atom stereocenters. The number of aromatic nitrogens is 3. The highest BCUT2D eigenvalue weighted by molar-refractivity contribution is 9.10. The molecule has 1 saturated carbocycles. The van der Waals surface area contributed by atoms with Crippen LogP contribution in [0.15, 0.2) is 35.1 Å². The van der Waals surface area contributed by atoms with Gasteiger partial charge in [0.05, 0.1) is 4.47 Å². The van der Waals surface area contributed by atoms with Crippen molar-refractivity contribution in [3.05, 3.63) is 46.7 Å². The summed E-state index contributed by atoms with van der Waals surface area (Å²) in [6.07, 6.45) is 7.05. The largest absolute Gasteiger partial charge is 0.382 e. The van der Waals surface area contributed by atoms with Crippen LogP contribution in [0.2, 0.25) is 0 Å². The Morgan fingerprint density at radius 3 is 2.82 bits per heavy atom. The molecule has 112 valence electrons. The smallest absolute Gasteiger partial charge is 0.150 e. The van der Waals surface area contributed by atoms with E-state index in [1.807, 2.05) is 16.7 Å². The van der Waals surface area contributed by atoms with E-state index < -0.39 is 0 Å². The molecule has 2 aromatic heterocycles. The maximum atomic E-state index is 13.9. The third-order valence-electron chi connectivity index (χ3n) is 4.27. The fraction of sp³-hybridized carbons (Fsp3) is 0.250. The van der Waals surface area contributed by atoms with E-state index in [9.17, 15) is 4.39 Å². The maximum absolute atomic E-state index is 13.9. The summed E-state index contributed by atoms with van der Waals surface area (Å²) >= 11 is 3.18. The molecule has 1 aromatic carbocycles. The number of nitrogens with two attached hydrogens (primary N) is 1. The summed E-state index contributed by atoms with van der Waals surface area (Å²) in [5, 5.41) is 0. The van der Waals surface area contributed by atoms with Gasteiger partial charge in [0.1, 0.15) is 28.7 Å². The van der Waals surface area contributed by atoms with Gasteiger partial charge in [-0.05, 0) is 40.9 Å². The third kappa shape index (κ3) is 2.01. The molecule has 1 aliphatic carbocycles. The van der Waals surface area contributed by atoms with E-state index in [4.69, 9.17) is 10.7 Å². The lowest BCUT2D eigenvalue weighted by Crippen LogP contribution is -2.12. The van der Waals surface area contributed by atoms with Crippen LogP contribution in [-0.4, -0.2) is 14.4 Å². The zero-order valence-corrected chi connectivity index (χ0v) is 13.3. The maximum Gasteiger partial charge on any atom is 0.150 e. The fourth-order valence-corrected chi connectivity index (χ4v) is 3.13. The second-order valence-electron chi connectivity index (χ2n) is 5.61. The molecular formula is C16H14BrFN4. The van der Waals surface area contributed by atoms with Crippen molar-refractivity contribution in [1.29, 1.82) is 0 Å². The average molecular weight is 361 g/mol. The number of imidazole rings is 1. The lowest BCUT2D eigenvalue weighted by molar-refractivity contribution is 0.400. The number of benzene rings is 1. The van der Waals surface area contributed by atoms with E-state index in [1.165, 1.54) is 12.5 Å². The molecule has 0 radical (unpaired) electrons. The molecule has 0 spiro atoms. The summed E-state index contributed by atoms with van der Waals surface area (Å²) < 4.78 is 16.3. The normalized spacial score (nSPS) is 15.2. The zero-order valence-electron chi connectivity index (χ0n) is 11.8. The fourth-order valence-electron chi connectivity index (χ4n) is 2.89. The number of hydrogen-bond donors (Lipinski definition) is 1. The summed E-state index contributed by atoms with van der Waals surface area (Å²) in [6.45, 7) is 0. The summed E-state index contributed by atoms with van der Waals surface area (Å²) in [5.41, 5.74) is 8.22. The highest BCUT2D eigenvalue weighted by atomic mass is 79.9. The van der Waals surface area contributed by atoms with Crippen molar-refractivity contribution in [2.45, 2.75) is 25.2 Å². The van der Waals surface area contributed by atoms with Gasteiger partial charge in [-0.1, -0.05) is 12.5 Å². The molecule has 0 saturated heterocycles. The monoisotopic (exact) mass is 360 g/mol. The van der Waals surface area contributed by atoms with Gasteiger partial charge in [0.25, 0.3) is 0 Å². The predicted molar refractivity (Wildman–Crippen MR) is 87.1 cm³/mol. The Kier molecular flexibility index (Phi) is 3.14. The molecule has 0 aliphatic heterocycles. The number of rotatable bonds is 2. The summed E-state index contributed by atoms with van der Waals surface area (Å²) in [4.78, 5) is 8.94. The van der Waals surface area contributed by atoms with Crippen LogP contribution in [-0.2, 0) is 0 Å². The van der Waals surface area contributed by atoms with Crippen LogP contribution >= 0.6 is 15.9 Å². The van der Waals surface area contributed by atoms with Crippen LogP contribution in [0.25, 0.3) is 16.8 Å². The molecule has 6 heteroatoms. The summed E-state index contributed by atoms with van der Waals surface area (Å²) in [7, 11) is 0. The summed E-state index contributed by atoms with van der Waals surface area (Å²) in [5.74, 6) is 1.54. The Morgan fingerprint density at radius 1 is 1.32 bits per heavy atom. The van der Waals surface area contributed by atoms with Crippen molar-refractivity contribution in [2.75, 3.05) is 5.73 Å². The molecule has 0 bridgehead atoms. The Labute approximate surface area is 135 Å². The minimum Gasteiger partial charge on any atom is -0.382 e. The van der Waals surface area contributed by atoms with E-state index in [1.54, 1.807) is 12.3 Å². The number of nitrogens with zero attached hydrogens (tertiary/aromatic N) is 3. The summed E-state index contributed by atoms with van der Waals surface area (Å²) in [6, 6.07) is 5.00. The number of hydrogen-bond acceptors (Lipinski definition) is 3. The lowest BCUT2D eigenvalue weighted by Gasteiger charge is -2.23. The van der Waals surface area contributed by atoms with Gasteiger partial charge in [-0.25, -0.2) is 14.4 Å². The topological polar surface area (TPSA) is 56.2 Å². The molecule has 2 N–H and O–H groups in total. The van der Waals surface area contributed by atoms with Crippen molar-refractivity contribution < 1.29 is 4.39 Å². The van der Waals surface area contributed by atoms with Crippen LogP contribution < -0.4 is 5.73 Å². The van der Waals surface area contributed by atoms with Crippen LogP contribution in [0.1, 0.15) is 31.0 Å². The van der Waals surface area contributed by atoms with Gasteiger partial charge in [0.15, 0.2) is 0 Å². The second kappa shape index (κ2) is 5.05. The molecular weight excluding hydrogens is 347 g/mol. The van der Waals surface area contributed by atoms with Gasteiger partial charge in [-0.3, -0.25) is 4.40 Å². The molecule has 0 unspecified atom stereocenters. The zero-order chi connectivity index (χ0) is 15.3. The van der Waals surface area contributed by atoms with E-state index in [2.05, 4.69) is 20.9 Å². The molecule has 0 amide bonds. The van der Waals surface area contributed by atoms with Gasteiger partial charge in [0, 0.05) is 23.9 Å². The lowest BCUT2D eigenvalue weighted by atomic mass is 9.85. The molecule has 22 heavy (non-hydrogen) atoms. The molecule has 1 fully saturated rings. The van der Waals surface area contributed by atoms with Gasteiger partial charge in [-0.15, -0.1) is 0 Å². The first kappa shape index (κ1) is 13.7. The average Bonchev–Trinajstić information content (AvgIpc) is 2.81. The van der Waals surface area contributed by atoms with E-state index in [0.717, 1.165) is 24.2 Å². The predicted octanol–water partition coefficient (Wildman–Crippen LogP) is 4.15. The molecule has 1 aliphatic rings. The number of halogens is 2. The molecule has 4 nitrogen and oxygen atoms in total. The Bertz CT molecular complexity index is 870. The van der Waals surface area contributed by atoms with E-state index >= 15 is 0 Å². The highest BCUT2D eigenvalue weighted by Gasteiger charge is 2.26.